The van der Waals surface area contributed by atoms with E-state index >= 15 is 0 Å². The lowest BCUT2D eigenvalue weighted by molar-refractivity contribution is -0.144. The minimum Gasteiger partial charge on any atom is -0.444 e. The predicted molar refractivity (Wildman–Crippen MR) is 166 cm³/mol. The first kappa shape index (κ1) is 31.9. The van der Waals surface area contributed by atoms with E-state index in [1.165, 1.54) is 24.3 Å². The molecular formula is C33H29ClF5N7O3. The Hall–Kier alpha value is -4.34. The average Bonchev–Trinajstić information content (AvgIpc) is 3.74. The molecule has 49 heavy (non-hydrogen) atoms. The van der Waals surface area contributed by atoms with Gasteiger partial charge < -0.3 is 23.8 Å². The lowest BCUT2D eigenvalue weighted by Crippen LogP contribution is -2.35. The summed E-state index contributed by atoms with van der Waals surface area (Å²) < 4.78 is 89.0. The maximum absolute atomic E-state index is 14.9. The molecule has 0 spiro atoms. The van der Waals surface area contributed by atoms with Crippen molar-refractivity contribution >= 4 is 22.6 Å². The van der Waals surface area contributed by atoms with Gasteiger partial charge in [0, 0.05) is 30.2 Å². The zero-order valence-electron chi connectivity index (χ0n) is 26.0. The number of benzene rings is 2. The third-order valence-corrected chi connectivity index (χ3v) is 9.59. The van der Waals surface area contributed by atoms with Crippen LogP contribution in [0.2, 0.25) is 5.02 Å². The smallest absolute Gasteiger partial charge is 0.444 e. The van der Waals surface area contributed by atoms with Crippen molar-refractivity contribution in [1.29, 1.82) is 0 Å². The summed E-state index contributed by atoms with van der Waals surface area (Å²) in [5.74, 6) is -2.52. The molecule has 2 aromatic carbocycles. The van der Waals surface area contributed by atoms with E-state index in [1.807, 2.05) is 4.57 Å². The Morgan fingerprint density at radius 2 is 1.84 bits per heavy atom. The monoisotopic (exact) mass is 701 g/mol. The van der Waals surface area contributed by atoms with Crippen molar-refractivity contribution in [3.63, 3.8) is 0 Å². The van der Waals surface area contributed by atoms with Crippen LogP contribution >= 0.6 is 11.6 Å². The van der Waals surface area contributed by atoms with Crippen molar-refractivity contribution < 1.29 is 36.2 Å². The molecule has 2 fully saturated rings. The number of pyridine rings is 1. The molecular weight excluding hydrogens is 673 g/mol. The molecule has 10 nitrogen and oxygen atoms in total. The number of nitrogens with one attached hydrogen (secondary N) is 1. The summed E-state index contributed by atoms with van der Waals surface area (Å²) in [7, 11) is 0. The van der Waals surface area contributed by atoms with Crippen molar-refractivity contribution in [3.8, 4) is 23.0 Å². The number of alkyl halides is 3. The van der Waals surface area contributed by atoms with E-state index in [-0.39, 0.29) is 39.9 Å². The number of nitrogens with zero attached hydrogens (tertiary/aromatic N) is 6. The summed E-state index contributed by atoms with van der Waals surface area (Å²) >= 11 is 5.95. The molecule has 2 saturated heterocycles. The van der Waals surface area contributed by atoms with Gasteiger partial charge in [0.1, 0.15) is 23.2 Å². The topological polar surface area (TPSA) is 103 Å². The summed E-state index contributed by atoms with van der Waals surface area (Å²) in [4.78, 5) is 13.7. The van der Waals surface area contributed by atoms with E-state index in [9.17, 15) is 22.0 Å². The van der Waals surface area contributed by atoms with Crippen molar-refractivity contribution in [2.45, 2.75) is 63.3 Å². The minimum absolute atomic E-state index is 0.0227. The van der Waals surface area contributed by atoms with Gasteiger partial charge in [0.15, 0.2) is 17.3 Å². The van der Waals surface area contributed by atoms with Gasteiger partial charge in [-0.25, -0.2) is 13.8 Å². The molecule has 3 aliphatic rings. The Bertz CT molecular complexity index is 2060. The Morgan fingerprint density at radius 3 is 2.53 bits per heavy atom. The van der Waals surface area contributed by atoms with Crippen LogP contribution in [0.5, 0.6) is 11.5 Å². The fraction of sp³-hybridized carbons (Fsp3) is 0.394. The number of hydrogen-bond donors (Lipinski definition) is 1. The second-order valence-electron chi connectivity index (χ2n) is 12.6. The van der Waals surface area contributed by atoms with Crippen LogP contribution in [-0.4, -0.2) is 60.4 Å². The zero-order valence-corrected chi connectivity index (χ0v) is 26.8. The van der Waals surface area contributed by atoms with E-state index in [4.69, 9.17) is 30.8 Å². The third kappa shape index (κ3) is 5.97. The number of fused-ring (bicyclic) bond motifs is 2. The average molecular weight is 702 g/mol. The molecule has 0 radical (unpaired) electrons. The molecule has 0 amide bonds. The summed E-state index contributed by atoms with van der Waals surface area (Å²) in [5.41, 5.74) is 2.30. The van der Waals surface area contributed by atoms with Gasteiger partial charge in [-0.3, -0.25) is 9.88 Å². The van der Waals surface area contributed by atoms with Crippen LogP contribution < -0.4 is 9.47 Å². The molecule has 8 rings (SSSR count). The van der Waals surface area contributed by atoms with Gasteiger partial charge in [-0.1, -0.05) is 11.6 Å². The fourth-order valence-corrected chi connectivity index (χ4v) is 6.90. The summed E-state index contributed by atoms with van der Waals surface area (Å²) in [6.07, 6.45) is -0.770. The van der Waals surface area contributed by atoms with Crippen molar-refractivity contribution in [2.75, 3.05) is 19.7 Å². The highest BCUT2D eigenvalue weighted by Gasteiger charge is 2.43. The Labute approximate surface area is 281 Å². The van der Waals surface area contributed by atoms with Gasteiger partial charge in [-0.2, -0.15) is 13.2 Å². The van der Waals surface area contributed by atoms with E-state index in [1.54, 1.807) is 25.3 Å². The number of aromatic nitrogens is 6. The minimum atomic E-state index is -4.66. The van der Waals surface area contributed by atoms with Crippen LogP contribution in [0, 0.1) is 11.6 Å². The quantitative estimate of drug-likeness (QED) is 0.182. The standard InChI is InChI=1S/C33H29ClF5N7O3/c1-32(22-3-2-18(34)10-23(22)36)48-27-12-19(35)11-21(29(27)49-32)17-4-7-45(8-5-17)16-28-41-24-13-25(30-42-31(44-43-30)33(37,38)39)40-14-26(24)46(28)15-20-6-9-47-20/h2-3,10-14,17,20H,4-9,15-16H2,1H3,(H,42,43,44). The van der Waals surface area contributed by atoms with Crippen LogP contribution in [0.3, 0.4) is 0 Å². The fourth-order valence-electron chi connectivity index (χ4n) is 6.74. The van der Waals surface area contributed by atoms with Gasteiger partial charge in [0.2, 0.25) is 5.82 Å². The van der Waals surface area contributed by atoms with Crippen molar-refractivity contribution in [3.05, 3.63) is 82.0 Å². The van der Waals surface area contributed by atoms with Gasteiger partial charge >= 0.3 is 6.18 Å². The van der Waals surface area contributed by atoms with Crippen molar-refractivity contribution in [1.82, 2.24) is 34.6 Å². The van der Waals surface area contributed by atoms with E-state index in [0.29, 0.717) is 62.5 Å². The number of imidazole rings is 1. The number of aromatic amines is 1. The SMILES string of the molecule is CC1(c2ccc(Cl)cc2F)Oc2cc(F)cc(C3CCN(Cc4nc5cc(-c6nnc(C(F)(F)F)[nH]6)ncc5n4CC4CCO4)CC3)c2O1. The van der Waals surface area contributed by atoms with Crippen LogP contribution in [0.25, 0.3) is 22.6 Å². The predicted octanol–water partition coefficient (Wildman–Crippen LogP) is 6.98. The van der Waals surface area contributed by atoms with Gasteiger partial charge in [0.05, 0.1) is 42.0 Å². The van der Waals surface area contributed by atoms with Crippen LogP contribution in [0.1, 0.15) is 54.9 Å². The number of halogens is 6. The van der Waals surface area contributed by atoms with Gasteiger partial charge in [-0.05, 0) is 68.6 Å². The highest BCUT2D eigenvalue weighted by Crippen LogP contribution is 2.50. The Balaban J connectivity index is 1.01. The lowest BCUT2D eigenvalue weighted by atomic mass is 9.88. The second kappa shape index (κ2) is 11.9. The zero-order chi connectivity index (χ0) is 34.1. The van der Waals surface area contributed by atoms with E-state index < -0.39 is 29.4 Å². The molecule has 256 valence electrons. The molecule has 0 bridgehead atoms. The van der Waals surface area contributed by atoms with Crippen LogP contribution in [-0.2, 0) is 29.8 Å². The van der Waals surface area contributed by atoms with Crippen LogP contribution in [0.4, 0.5) is 22.0 Å². The highest BCUT2D eigenvalue weighted by atomic mass is 35.5. The largest absolute Gasteiger partial charge is 0.451 e. The molecule has 6 heterocycles. The number of rotatable bonds is 7. The number of H-pyrrole nitrogens is 1. The number of piperidine rings is 1. The van der Waals surface area contributed by atoms with Gasteiger partial charge in [-0.15, -0.1) is 10.2 Å². The first-order valence-corrected chi connectivity index (χ1v) is 16.2. The molecule has 0 aliphatic carbocycles. The van der Waals surface area contributed by atoms with Gasteiger partial charge in [0.25, 0.3) is 5.79 Å². The summed E-state index contributed by atoms with van der Waals surface area (Å²) in [5, 5.41) is 7.07. The maximum atomic E-state index is 14.9. The van der Waals surface area contributed by atoms with Crippen molar-refractivity contribution in [2.24, 2.45) is 0 Å². The normalized spacial score (nSPS) is 21.4. The first-order valence-electron chi connectivity index (χ1n) is 15.8. The first-order chi connectivity index (χ1) is 23.4. The van der Waals surface area contributed by atoms with E-state index in [0.717, 1.165) is 17.8 Å². The molecule has 3 aliphatic heterocycles. The number of hydrogen-bond acceptors (Lipinski definition) is 8. The molecule has 0 saturated carbocycles. The molecule has 2 unspecified atom stereocenters. The second-order valence-corrected chi connectivity index (χ2v) is 13.1. The third-order valence-electron chi connectivity index (χ3n) is 9.35. The number of ether oxygens (including phenoxy) is 3. The van der Waals surface area contributed by atoms with Crippen LogP contribution in [0.15, 0.2) is 42.6 Å². The maximum Gasteiger partial charge on any atom is 0.451 e. The Morgan fingerprint density at radius 1 is 1.04 bits per heavy atom. The molecule has 5 aromatic rings. The lowest BCUT2D eigenvalue weighted by Gasteiger charge is -2.33. The molecule has 2 atom stereocenters. The summed E-state index contributed by atoms with van der Waals surface area (Å²) in [6.45, 7) is 4.67. The Kier molecular flexibility index (Phi) is 7.76. The summed E-state index contributed by atoms with van der Waals surface area (Å²) in [6, 6.07) is 8.53. The molecule has 1 N–H and O–H groups in total. The molecule has 3 aromatic heterocycles. The number of likely N-dealkylation sites (tertiary alicyclic amines) is 1. The van der Waals surface area contributed by atoms with E-state index in [2.05, 4.69) is 25.1 Å². The highest BCUT2D eigenvalue weighted by molar-refractivity contribution is 6.30. The molecule has 16 heteroatoms.